The van der Waals surface area contributed by atoms with Gasteiger partial charge in [-0.1, -0.05) is 22.0 Å². The van der Waals surface area contributed by atoms with Crippen LogP contribution in [0.2, 0.25) is 0 Å². The quantitative estimate of drug-likeness (QED) is 0.581. The Morgan fingerprint density at radius 2 is 1.85 bits per heavy atom. The van der Waals surface area contributed by atoms with E-state index in [2.05, 4.69) is 25.4 Å². The fourth-order valence-corrected chi connectivity index (χ4v) is 1.60. The second-order valence-electron chi connectivity index (χ2n) is 3.61. The lowest BCUT2D eigenvalue weighted by Gasteiger charge is -2.15. The molecule has 1 unspecified atom stereocenters. The average Bonchev–Trinajstić information content (AvgIpc) is 2.27. The normalized spacial score (nSPS) is 13.2. The van der Waals surface area contributed by atoms with Gasteiger partial charge in [-0.15, -0.1) is 13.2 Å². The number of hydrogen-bond donors (Lipinski definition) is 0. The molecule has 1 rings (SSSR count). The first-order chi connectivity index (χ1) is 9.10. The number of alkyl halides is 6. The minimum absolute atomic E-state index is 0.169. The largest absolute Gasteiger partial charge is 0.573 e. The molecule has 0 saturated carbocycles. The number of carbonyl (C=O) groups excluding carboxylic acids is 1. The Kier molecular flexibility index (Phi) is 5.32. The topological polar surface area (TPSA) is 35.5 Å². The van der Waals surface area contributed by atoms with Gasteiger partial charge in [0.15, 0.2) is 11.5 Å². The molecule has 1 atom stereocenters. The number of ketones is 1. The van der Waals surface area contributed by atoms with E-state index in [4.69, 9.17) is 0 Å². The average molecular weight is 363 g/mol. The molecule has 0 aliphatic carbocycles. The molecule has 0 N–H and O–H groups in total. The van der Waals surface area contributed by atoms with E-state index in [0.717, 1.165) is 18.2 Å². The third-order valence-electron chi connectivity index (χ3n) is 2.06. The first-order valence-corrected chi connectivity index (χ1v) is 6.00. The molecule has 0 spiro atoms. The molecular formula is C11H8BrF5O3. The highest BCUT2D eigenvalue weighted by atomic mass is 79.9. The minimum atomic E-state index is -5.05. The number of rotatable bonds is 5. The lowest BCUT2D eigenvalue weighted by molar-refractivity contribution is -0.275. The van der Waals surface area contributed by atoms with Crippen molar-refractivity contribution in [1.29, 1.82) is 0 Å². The van der Waals surface area contributed by atoms with Crippen molar-refractivity contribution < 1.29 is 36.2 Å². The van der Waals surface area contributed by atoms with E-state index < -0.39 is 29.3 Å². The molecule has 9 heteroatoms. The number of benzene rings is 1. The first kappa shape index (κ1) is 16.7. The highest BCUT2D eigenvalue weighted by Crippen LogP contribution is 2.37. The van der Waals surface area contributed by atoms with E-state index in [1.165, 1.54) is 6.92 Å². The molecule has 0 heterocycles. The molecule has 0 saturated heterocycles. The summed E-state index contributed by atoms with van der Waals surface area (Å²) in [5, 5.41) is 0. The van der Waals surface area contributed by atoms with Crippen molar-refractivity contribution in [3.8, 4) is 11.5 Å². The van der Waals surface area contributed by atoms with Crippen molar-refractivity contribution in [2.45, 2.75) is 24.7 Å². The van der Waals surface area contributed by atoms with E-state index in [9.17, 15) is 26.7 Å². The van der Waals surface area contributed by atoms with Crippen LogP contribution >= 0.6 is 15.9 Å². The number of carbonyl (C=O) groups is 1. The van der Waals surface area contributed by atoms with E-state index in [1.54, 1.807) is 0 Å². The SMILES string of the molecule is CC(=O)C(Br)c1ccc(OC(F)(F)F)c(OC(F)F)c1. The van der Waals surface area contributed by atoms with Gasteiger partial charge in [0.2, 0.25) is 0 Å². The molecule has 112 valence electrons. The van der Waals surface area contributed by atoms with Crippen molar-refractivity contribution in [1.82, 2.24) is 0 Å². The number of halogens is 6. The van der Waals surface area contributed by atoms with E-state index in [1.807, 2.05) is 0 Å². The van der Waals surface area contributed by atoms with Gasteiger partial charge in [-0.2, -0.15) is 8.78 Å². The third-order valence-corrected chi connectivity index (χ3v) is 3.23. The predicted octanol–water partition coefficient (Wildman–Crippen LogP) is 4.21. The highest BCUT2D eigenvalue weighted by molar-refractivity contribution is 9.09. The Morgan fingerprint density at radius 1 is 1.25 bits per heavy atom. The summed E-state index contributed by atoms with van der Waals surface area (Å²) in [6.45, 7) is -2.10. The van der Waals surface area contributed by atoms with E-state index in [0.29, 0.717) is 0 Å². The Hall–Kier alpha value is -1.38. The summed E-state index contributed by atoms with van der Waals surface area (Å²) in [4.78, 5) is 10.3. The summed E-state index contributed by atoms with van der Waals surface area (Å²) in [6, 6.07) is 2.83. The summed E-state index contributed by atoms with van der Waals surface area (Å²) >= 11 is 2.98. The second-order valence-corrected chi connectivity index (χ2v) is 4.52. The van der Waals surface area contributed by atoms with Gasteiger partial charge in [-0.05, 0) is 24.6 Å². The molecule has 0 aliphatic heterocycles. The van der Waals surface area contributed by atoms with Gasteiger partial charge in [0, 0.05) is 0 Å². The molecule has 1 aromatic rings. The molecule has 20 heavy (non-hydrogen) atoms. The summed E-state index contributed by atoms with van der Waals surface area (Å²) in [5.74, 6) is -2.07. The van der Waals surface area contributed by atoms with Crippen LogP contribution in [-0.2, 0) is 4.79 Å². The van der Waals surface area contributed by atoms with E-state index >= 15 is 0 Å². The zero-order valence-electron chi connectivity index (χ0n) is 9.88. The van der Waals surface area contributed by atoms with Gasteiger partial charge < -0.3 is 9.47 Å². The maximum absolute atomic E-state index is 12.2. The Labute approximate surface area is 118 Å². The van der Waals surface area contributed by atoms with Gasteiger partial charge in [-0.3, -0.25) is 4.79 Å². The fourth-order valence-electron chi connectivity index (χ4n) is 1.31. The van der Waals surface area contributed by atoms with Crippen LogP contribution < -0.4 is 9.47 Å². The summed E-state index contributed by atoms with van der Waals surface area (Å²) < 4.78 is 68.3. The third kappa shape index (κ3) is 4.95. The molecule has 3 nitrogen and oxygen atoms in total. The lowest BCUT2D eigenvalue weighted by atomic mass is 10.1. The lowest BCUT2D eigenvalue weighted by Crippen LogP contribution is -2.18. The van der Waals surface area contributed by atoms with Crippen molar-refractivity contribution in [3.05, 3.63) is 23.8 Å². The van der Waals surface area contributed by atoms with E-state index in [-0.39, 0.29) is 11.3 Å². The Bertz CT molecular complexity index is 489. The van der Waals surface area contributed by atoms with Gasteiger partial charge in [-0.25, -0.2) is 0 Å². The molecule has 0 aliphatic rings. The first-order valence-electron chi connectivity index (χ1n) is 5.09. The molecule has 0 bridgehead atoms. The maximum atomic E-state index is 12.2. The van der Waals surface area contributed by atoms with Crippen LogP contribution in [0, 0.1) is 0 Å². The van der Waals surface area contributed by atoms with Crippen LogP contribution in [0.25, 0.3) is 0 Å². The van der Waals surface area contributed by atoms with Crippen LogP contribution in [0.3, 0.4) is 0 Å². The van der Waals surface area contributed by atoms with Crippen LogP contribution in [0.15, 0.2) is 18.2 Å². The van der Waals surface area contributed by atoms with Gasteiger partial charge in [0.25, 0.3) is 0 Å². The van der Waals surface area contributed by atoms with Crippen molar-refractivity contribution in [3.63, 3.8) is 0 Å². The summed E-state index contributed by atoms with van der Waals surface area (Å²) in [6.07, 6.45) is -5.05. The highest BCUT2D eigenvalue weighted by Gasteiger charge is 2.33. The molecular weight excluding hydrogens is 355 g/mol. The van der Waals surface area contributed by atoms with Gasteiger partial charge in [0.05, 0.1) is 4.83 Å². The minimum Gasteiger partial charge on any atom is -0.431 e. The summed E-state index contributed by atoms with van der Waals surface area (Å²) in [5.41, 5.74) is 0.169. The maximum Gasteiger partial charge on any atom is 0.573 e. The monoisotopic (exact) mass is 362 g/mol. The van der Waals surface area contributed by atoms with Gasteiger partial charge in [0.1, 0.15) is 5.78 Å². The van der Waals surface area contributed by atoms with Gasteiger partial charge >= 0.3 is 13.0 Å². The zero-order valence-corrected chi connectivity index (χ0v) is 11.5. The van der Waals surface area contributed by atoms with Crippen LogP contribution in [0.4, 0.5) is 22.0 Å². The molecule has 1 aromatic carbocycles. The van der Waals surface area contributed by atoms with Crippen LogP contribution in [0.1, 0.15) is 17.3 Å². The van der Waals surface area contributed by atoms with Crippen molar-refractivity contribution >= 4 is 21.7 Å². The fraction of sp³-hybridized carbons (Fsp3) is 0.364. The molecule has 0 aromatic heterocycles. The number of ether oxygens (including phenoxy) is 2. The zero-order chi connectivity index (χ0) is 15.5. The molecule has 0 fully saturated rings. The van der Waals surface area contributed by atoms with Crippen LogP contribution in [-0.4, -0.2) is 18.8 Å². The Balaban J connectivity index is 3.15. The predicted molar refractivity (Wildman–Crippen MR) is 62.1 cm³/mol. The smallest absolute Gasteiger partial charge is 0.431 e. The second kappa shape index (κ2) is 6.38. The Morgan fingerprint density at radius 3 is 2.30 bits per heavy atom. The molecule has 0 amide bonds. The van der Waals surface area contributed by atoms with Crippen molar-refractivity contribution in [2.75, 3.05) is 0 Å². The number of hydrogen-bond acceptors (Lipinski definition) is 3. The van der Waals surface area contributed by atoms with Crippen LogP contribution in [0.5, 0.6) is 11.5 Å². The molecule has 0 radical (unpaired) electrons. The standard InChI is InChI=1S/C11H8BrF5O3/c1-5(18)9(12)6-2-3-7(20-11(15,16)17)8(4-6)19-10(13)14/h2-4,9-10H,1H3. The van der Waals surface area contributed by atoms with Crippen molar-refractivity contribution in [2.24, 2.45) is 0 Å². The number of Topliss-reactive ketones (excluding diaryl/α,β-unsaturated/α-hetero) is 1. The summed E-state index contributed by atoms with van der Waals surface area (Å²) in [7, 11) is 0.